The number of methoxy groups -OCH3 is 1. The lowest BCUT2D eigenvalue weighted by Crippen LogP contribution is -2.43. The molecule has 1 aliphatic carbocycles. The molecule has 104 valence electrons. The van der Waals surface area contributed by atoms with Gasteiger partial charge in [0, 0.05) is 26.6 Å². The van der Waals surface area contributed by atoms with Crippen LogP contribution in [0.2, 0.25) is 0 Å². The first kappa shape index (κ1) is 13.8. The highest BCUT2D eigenvalue weighted by atomic mass is 16.5. The molecule has 2 N–H and O–H groups in total. The highest BCUT2D eigenvalue weighted by molar-refractivity contribution is 5.76. The fourth-order valence-electron chi connectivity index (χ4n) is 3.14. The zero-order valence-corrected chi connectivity index (χ0v) is 11.4. The number of rotatable bonds is 5. The molecule has 4 nitrogen and oxygen atoms in total. The summed E-state index contributed by atoms with van der Waals surface area (Å²) in [6.45, 7) is 1.66. The maximum atomic E-state index is 11.9. The van der Waals surface area contributed by atoms with E-state index in [-0.39, 0.29) is 18.1 Å². The Kier molecular flexibility index (Phi) is 5.45. The lowest BCUT2D eigenvalue weighted by atomic mass is 9.86. The number of hydrogen-bond acceptors (Lipinski definition) is 3. The Morgan fingerprint density at radius 2 is 2.06 bits per heavy atom. The monoisotopic (exact) mass is 254 g/mol. The number of ether oxygens (including phenoxy) is 1. The number of hydrogen-bond donors (Lipinski definition) is 2. The van der Waals surface area contributed by atoms with Crippen LogP contribution in [0.5, 0.6) is 0 Å². The van der Waals surface area contributed by atoms with E-state index in [0.29, 0.717) is 6.42 Å². The number of carbonyl (C=O) groups is 1. The third-order valence-electron chi connectivity index (χ3n) is 4.31. The molecule has 2 rings (SSSR count). The van der Waals surface area contributed by atoms with Gasteiger partial charge in [0.1, 0.15) is 0 Å². The summed E-state index contributed by atoms with van der Waals surface area (Å²) in [5.41, 5.74) is 0. The van der Waals surface area contributed by atoms with Crippen LogP contribution in [-0.4, -0.2) is 38.3 Å². The van der Waals surface area contributed by atoms with Gasteiger partial charge in [0.15, 0.2) is 0 Å². The van der Waals surface area contributed by atoms with E-state index in [1.54, 1.807) is 7.11 Å². The molecule has 0 aromatic carbocycles. The number of carbonyl (C=O) groups excluding carboxylic acids is 1. The molecule has 1 saturated heterocycles. The third-order valence-corrected chi connectivity index (χ3v) is 4.31. The lowest BCUT2D eigenvalue weighted by Gasteiger charge is -2.22. The van der Waals surface area contributed by atoms with E-state index < -0.39 is 0 Å². The summed E-state index contributed by atoms with van der Waals surface area (Å²) in [6.07, 6.45) is 8.59. The summed E-state index contributed by atoms with van der Waals surface area (Å²) in [5, 5.41) is 6.34. The Morgan fingerprint density at radius 1 is 1.28 bits per heavy atom. The summed E-state index contributed by atoms with van der Waals surface area (Å²) in [7, 11) is 1.71. The van der Waals surface area contributed by atoms with E-state index in [9.17, 15) is 4.79 Å². The predicted molar refractivity (Wildman–Crippen MR) is 71.4 cm³/mol. The summed E-state index contributed by atoms with van der Waals surface area (Å²) in [5.74, 6) is 0.973. The second-order valence-electron chi connectivity index (χ2n) is 5.65. The van der Waals surface area contributed by atoms with Crippen molar-refractivity contribution < 1.29 is 9.53 Å². The van der Waals surface area contributed by atoms with Crippen molar-refractivity contribution in [2.24, 2.45) is 5.92 Å². The first-order chi connectivity index (χ1) is 8.79. The molecular formula is C14H26N2O2. The van der Waals surface area contributed by atoms with Gasteiger partial charge in [-0.2, -0.15) is 0 Å². The Morgan fingerprint density at radius 3 is 2.78 bits per heavy atom. The van der Waals surface area contributed by atoms with Gasteiger partial charge in [-0.05, 0) is 12.3 Å². The van der Waals surface area contributed by atoms with Gasteiger partial charge < -0.3 is 15.4 Å². The molecule has 0 aromatic rings. The van der Waals surface area contributed by atoms with Gasteiger partial charge in [0.2, 0.25) is 5.91 Å². The van der Waals surface area contributed by atoms with Gasteiger partial charge in [0.25, 0.3) is 0 Å². The van der Waals surface area contributed by atoms with E-state index in [0.717, 1.165) is 25.4 Å². The quantitative estimate of drug-likeness (QED) is 0.781. The fraction of sp³-hybridized carbons (Fsp3) is 0.929. The summed E-state index contributed by atoms with van der Waals surface area (Å²) in [4.78, 5) is 11.9. The van der Waals surface area contributed by atoms with E-state index in [1.807, 2.05) is 0 Å². The Labute approximate surface area is 110 Å². The molecule has 2 fully saturated rings. The predicted octanol–water partition coefficient (Wildman–Crippen LogP) is 1.45. The molecule has 2 aliphatic rings. The van der Waals surface area contributed by atoms with Crippen molar-refractivity contribution in [1.82, 2.24) is 10.6 Å². The van der Waals surface area contributed by atoms with E-state index in [2.05, 4.69) is 10.6 Å². The van der Waals surface area contributed by atoms with Crippen LogP contribution in [0.15, 0.2) is 0 Å². The number of amides is 1. The minimum atomic E-state index is 0.128. The molecule has 0 radical (unpaired) electrons. The van der Waals surface area contributed by atoms with Crippen LogP contribution in [0.4, 0.5) is 0 Å². The first-order valence-corrected chi connectivity index (χ1v) is 7.32. The SMILES string of the molecule is CO[C@H]1CNCC1NC(=O)CCC1CCCCC1. The Hall–Kier alpha value is -0.610. The molecule has 0 aromatic heterocycles. The van der Waals surface area contributed by atoms with Gasteiger partial charge in [0.05, 0.1) is 12.1 Å². The van der Waals surface area contributed by atoms with Crippen LogP contribution in [0.25, 0.3) is 0 Å². The van der Waals surface area contributed by atoms with Crippen LogP contribution in [0.3, 0.4) is 0 Å². The van der Waals surface area contributed by atoms with Crippen molar-refractivity contribution in [3.8, 4) is 0 Å². The van der Waals surface area contributed by atoms with E-state index >= 15 is 0 Å². The molecular weight excluding hydrogens is 228 g/mol. The smallest absolute Gasteiger partial charge is 0.220 e. The molecule has 1 amide bonds. The number of nitrogens with one attached hydrogen (secondary N) is 2. The Balaban J connectivity index is 1.65. The Bertz CT molecular complexity index is 265. The van der Waals surface area contributed by atoms with Gasteiger partial charge in [-0.3, -0.25) is 4.79 Å². The van der Waals surface area contributed by atoms with Gasteiger partial charge >= 0.3 is 0 Å². The lowest BCUT2D eigenvalue weighted by molar-refractivity contribution is -0.122. The molecule has 0 spiro atoms. The van der Waals surface area contributed by atoms with Crippen molar-refractivity contribution in [3.05, 3.63) is 0 Å². The molecule has 1 saturated carbocycles. The zero-order valence-electron chi connectivity index (χ0n) is 11.4. The summed E-state index contributed by atoms with van der Waals surface area (Å²) in [6, 6.07) is 0.147. The molecule has 18 heavy (non-hydrogen) atoms. The molecule has 1 unspecified atom stereocenters. The largest absolute Gasteiger partial charge is 0.378 e. The molecule has 4 heteroatoms. The van der Waals surface area contributed by atoms with E-state index in [4.69, 9.17) is 4.74 Å². The van der Waals surface area contributed by atoms with Crippen LogP contribution in [-0.2, 0) is 9.53 Å². The van der Waals surface area contributed by atoms with Crippen LogP contribution in [0.1, 0.15) is 44.9 Å². The topological polar surface area (TPSA) is 50.4 Å². The standard InChI is InChI=1S/C14H26N2O2/c1-18-13-10-15-9-12(13)16-14(17)8-7-11-5-3-2-4-6-11/h11-13,15H,2-10H2,1H3,(H,16,17)/t12?,13-/m0/s1. The van der Waals surface area contributed by atoms with Crippen LogP contribution < -0.4 is 10.6 Å². The summed E-state index contributed by atoms with van der Waals surface area (Å²) < 4.78 is 5.34. The molecule has 1 aliphatic heterocycles. The van der Waals surface area contributed by atoms with Gasteiger partial charge in [-0.1, -0.05) is 32.1 Å². The fourth-order valence-corrected chi connectivity index (χ4v) is 3.14. The van der Waals surface area contributed by atoms with Crippen LogP contribution >= 0.6 is 0 Å². The maximum absolute atomic E-state index is 11.9. The normalized spacial score (nSPS) is 29.4. The van der Waals surface area contributed by atoms with Gasteiger partial charge in [-0.15, -0.1) is 0 Å². The molecule has 1 heterocycles. The highest BCUT2D eigenvalue weighted by Crippen LogP contribution is 2.27. The zero-order chi connectivity index (χ0) is 12.8. The van der Waals surface area contributed by atoms with Crippen molar-refractivity contribution in [2.45, 2.75) is 57.1 Å². The van der Waals surface area contributed by atoms with Crippen molar-refractivity contribution in [1.29, 1.82) is 0 Å². The third kappa shape index (κ3) is 3.95. The summed E-state index contributed by atoms with van der Waals surface area (Å²) >= 11 is 0. The first-order valence-electron chi connectivity index (χ1n) is 7.32. The molecule has 0 bridgehead atoms. The minimum Gasteiger partial charge on any atom is -0.378 e. The highest BCUT2D eigenvalue weighted by Gasteiger charge is 2.28. The minimum absolute atomic E-state index is 0.128. The molecule has 2 atom stereocenters. The van der Waals surface area contributed by atoms with Crippen LogP contribution in [0, 0.1) is 5.92 Å². The van der Waals surface area contributed by atoms with Crippen molar-refractivity contribution in [3.63, 3.8) is 0 Å². The average Bonchev–Trinajstić information content (AvgIpc) is 2.85. The van der Waals surface area contributed by atoms with Crippen molar-refractivity contribution in [2.75, 3.05) is 20.2 Å². The average molecular weight is 254 g/mol. The van der Waals surface area contributed by atoms with Crippen molar-refractivity contribution >= 4 is 5.91 Å². The van der Waals surface area contributed by atoms with Gasteiger partial charge in [-0.25, -0.2) is 0 Å². The maximum Gasteiger partial charge on any atom is 0.220 e. The second-order valence-corrected chi connectivity index (χ2v) is 5.65. The van der Waals surface area contributed by atoms with E-state index in [1.165, 1.54) is 32.1 Å². The second kappa shape index (κ2) is 7.10.